The number of halogens is 1. The molecule has 21 heavy (non-hydrogen) atoms. The van der Waals surface area contributed by atoms with E-state index < -0.39 is 0 Å². The highest BCUT2D eigenvalue weighted by Gasteiger charge is 2.06. The number of carbonyl (C=O) groups is 1. The quantitative estimate of drug-likeness (QED) is 0.592. The lowest BCUT2D eigenvalue weighted by atomic mass is 10.3. The van der Waals surface area contributed by atoms with Gasteiger partial charge in [0.1, 0.15) is 0 Å². The standard InChI is InChI=1S/C13H13ClN4OS2/c1-8-15-11(7-21-8)6-12(19)17-18-13(20)16-10-4-2-9(14)3-5-10/h2-5,7H,6H2,1H3,(H,17,19)(H2,16,18,20). The number of benzene rings is 1. The minimum absolute atomic E-state index is 0.208. The SMILES string of the molecule is Cc1nc(CC(=O)NNC(=S)Nc2ccc(Cl)cc2)cs1. The molecule has 0 aliphatic rings. The van der Waals surface area contributed by atoms with Crippen molar-refractivity contribution < 1.29 is 4.79 Å². The smallest absolute Gasteiger partial charge is 0.244 e. The van der Waals surface area contributed by atoms with Gasteiger partial charge in [0.05, 0.1) is 17.1 Å². The average Bonchev–Trinajstić information content (AvgIpc) is 2.84. The molecule has 1 amide bonds. The van der Waals surface area contributed by atoms with Crippen molar-refractivity contribution in [1.29, 1.82) is 0 Å². The maximum absolute atomic E-state index is 11.7. The number of hydrogen-bond acceptors (Lipinski definition) is 4. The van der Waals surface area contributed by atoms with Gasteiger partial charge in [-0.3, -0.25) is 15.6 Å². The molecule has 0 saturated carbocycles. The van der Waals surface area contributed by atoms with E-state index in [0.717, 1.165) is 16.4 Å². The summed E-state index contributed by atoms with van der Waals surface area (Å²) in [5.74, 6) is -0.208. The Balaban J connectivity index is 1.75. The summed E-state index contributed by atoms with van der Waals surface area (Å²) in [6, 6.07) is 7.07. The van der Waals surface area contributed by atoms with Crippen LogP contribution in [0, 0.1) is 6.92 Å². The van der Waals surface area contributed by atoms with Gasteiger partial charge in [-0.1, -0.05) is 11.6 Å². The van der Waals surface area contributed by atoms with Crippen molar-refractivity contribution in [2.45, 2.75) is 13.3 Å². The summed E-state index contributed by atoms with van der Waals surface area (Å²) in [6.07, 6.45) is 0.209. The highest BCUT2D eigenvalue weighted by atomic mass is 35.5. The van der Waals surface area contributed by atoms with Gasteiger partial charge in [-0.25, -0.2) is 4.98 Å². The van der Waals surface area contributed by atoms with Gasteiger partial charge in [0, 0.05) is 16.1 Å². The summed E-state index contributed by atoms with van der Waals surface area (Å²) in [4.78, 5) is 15.9. The lowest BCUT2D eigenvalue weighted by molar-refractivity contribution is -0.121. The van der Waals surface area contributed by atoms with Crippen molar-refractivity contribution in [2.24, 2.45) is 0 Å². The third kappa shape index (κ3) is 5.30. The fourth-order valence-electron chi connectivity index (χ4n) is 1.52. The first kappa shape index (κ1) is 15.7. The van der Waals surface area contributed by atoms with E-state index in [1.165, 1.54) is 11.3 Å². The van der Waals surface area contributed by atoms with Crippen LogP contribution in [0.5, 0.6) is 0 Å². The number of hydrogen-bond donors (Lipinski definition) is 3. The number of aromatic nitrogens is 1. The molecule has 5 nitrogen and oxygen atoms in total. The largest absolute Gasteiger partial charge is 0.331 e. The van der Waals surface area contributed by atoms with Crippen LogP contribution in [0.15, 0.2) is 29.6 Å². The van der Waals surface area contributed by atoms with Crippen LogP contribution in [0.25, 0.3) is 0 Å². The second-order valence-corrected chi connectivity index (χ2v) is 6.08. The van der Waals surface area contributed by atoms with Gasteiger partial charge in [0.25, 0.3) is 0 Å². The Morgan fingerprint density at radius 1 is 1.33 bits per heavy atom. The molecule has 0 aliphatic carbocycles. The molecular formula is C13H13ClN4OS2. The van der Waals surface area contributed by atoms with Crippen molar-refractivity contribution in [3.05, 3.63) is 45.4 Å². The summed E-state index contributed by atoms with van der Waals surface area (Å²) in [6.45, 7) is 1.90. The van der Waals surface area contributed by atoms with Gasteiger partial charge in [0.2, 0.25) is 5.91 Å². The zero-order chi connectivity index (χ0) is 15.2. The molecule has 0 spiro atoms. The van der Waals surface area contributed by atoms with Crippen LogP contribution in [0.1, 0.15) is 10.7 Å². The Bertz CT molecular complexity index is 642. The second-order valence-electron chi connectivity index (χ2n) is 4.17. The van der Waals surface area contributed by atoms with E-state index in [1.54, 1.807) is 24.3 Å². The molecule has 1 heterocycles. The van der Waals surface area contributed by atoms with E-state index in [4.69, 9.17) is 23.8 Å². The van der Waals surface area contributed by atoms with Crippen LogP contribution in [0.4, 0.5) is 5.69 Å². The summed E-state index contributed by atoms with van der Waals surface area (Å²) in [5.41, 5.74) is 6.68. The predicted octanol–water partition coefficient (Wildman–Crippen LogP) is 2.67. The number of rotatable bonds is 3. The number of thiocarbonyl (C=S) groups is 1. The van der Waals surface area contributed by atoms with Crippen LogP contribution in [0.3, 0.4) is 0 Å². The van der Waals surface area contributed by atoms with Crippen LogP contribution in [0.2, 0.25) is 5.02 Å². The van der Waals surface area contributed by atoms with Crippen molar-refractivity contribution in [3.63, 3.8) is 0 Å². The number of hydrazine groups is 1. The molecule has 2 aromatic rings. The van der Waals surface area contributed by atoms with Crippen LogP contribution in [-0.2, 0) is 11.2 Å². The molecule has 0 bridgehead atoms. The van der Waals surface area contributed by atoms with Gasteiger partial charge in [-0.2, -0.15) is 0 Å². The number of nitrogens with one attached hydrogen (secondary N) is 3. The summed E-state index contributed by atoms with van der Waals surface area (Å²) >= 11 is 12.4. The maximum atomic E-state index is 11.7. The monoisotopic (exact) mass is 340 g/mol. The van der Waals surface area contributed by atoms with Gasteiger partial charge in [-0.05, 0) is 43.4 Å². The normalized spacial score (nSPS) is 10.0. The number of aryl methyl sites for hydroxylation is 1. The van der Waals surface area contributed by atoms with Gasteiger partial charge >= 0.3 is 0 Å². The minimum atomic E-state index is -0.208. The molecule has 2 rings (SSSR count). The molecule has 3 N–H and O–H groups in total. The minimum Gasteiger partial charge on any atom is -0.331 e. The number of carbonyl (C=O) groups excluding carboxylic acids is 1. The fourth-order valence-corrected chi connectivity index (χ4v) is 2.43. The first-order valence-corrected chi connectivity index (χ1v) is 7.72. The van der Waals surface area contributed by atoms with Crippen LogP contribution in [-0.4, -0.2) is 16.0 Å². The van der Waals surface area contributed by atoms with Crippen molar-refractivity contribution in [3.8, 4) is 0 Å². The summed E-state index contributed by atoms with van der Waals surface area (Å²) < 4.78 is 0. The Kier molecular flexibility index (Phi) is 5.49. The Labute approximate surface area is 136 Å². The number of nitrogens with zero attached hydrogens (tertiary/aromatic N) is 1. The maximum Gasteiger partial charge on any atom is 0.244 e. The van der Waals surface area contributed by atoms with Crippen molar-refractivity contribution in [1.82, 2.24) is 15.8 Å². The zero-order valence-electron chi connectivity index (χ0n) is 11.1. The molecule has 0 fully saturated rings. The molecule has 1 aromatic heterocycles. The molecule has 110 valence electrons. The first-order valence-electron chi connectivity index (χ1n) is 6.05. The van der Waals surface area contributed by atoms with Crippen LogP contribution >= 0.6 is 35.2 Å². The van der Waals surface area contributed by atoms with E-state index in [2.05, 4.69) is 21.2 Å². The molecule has 0 unspecified atom stereocenters. The van der Waals surface area contributed by atoms with Crippen LogP contribution < -0.4 is 16.2 Å². The summed E-state index contributed by atoms with van der Waals surface area (Å²) in [7, 11) is 0. The van der Waals surface area contributed by atoms with E-state index in [-0.39, 0.29) is 12.3 Å². The topological polar surface area (TPSA) is 66.0 Å². The molecule has 1 aromatic carbocycles. The van der Waals surface area contributed by atoms with Gasteiger partial charge in [0.15, 0.2) is 5.11 Å². The third-order valence-corrected chi connectivity index (χ3v) is 3.70. The molecular weight excluding hydrogens is 328 g/mol. The van der Waals surface area contributed by atoms with Gasteiger partial charge in [-0.15, -0.1) is 11.3 Å². The number of amides is 1. The Hall–Kier alpha value is -1.70. The molecule has 0 atom stereocenters. The zero-order valence-corrected chi connectivity index (χ0v) is 13.5. The summed E-state index contributed by atoms with van der Waals surface area (Å²) in [5, 5.41) is 6.66. The van der Waals surface area contributed by atoms with E-state index in [9.17, 15) is 4.79 Å². The van der Waals surface area contributed by atoms with Crippen molar-refractivity contribution >= 4 is 51.9 Å². The molecule has 0 aliphatic heterocycles. The lowest BCUT2D eigenvalue weighted by Crippen LogP contribution is -2.44. The van der Waals surface area contributed by atoms with E-state index in [1.807, 2.05) is 12.3 Å². The second kappa shape index (κ2) is 7.35. The third-order valence-electron chi connectivity index (χ3n) is 2.43. The lowest BCUT2D eigenvalue weighted by Gasteiger charge is -2.11. The predicted molar refractivity (Wildman–Crippen MR) is 89.5 cm³/mol. The fraction of sp³-hybridized carbons (Fsp3) is 0.154. The Morgan fingerprint density at radius 2 is 2.05 bits per heavy atom. The first-order chi connectivity index (χ1) is 10.0. The molecule has 8 heteroatoms. The van der Waals surface area contributed by atoms with Gasteiger partial charge < -0.3 is 5.32 Å². The average molecular weight is 341 g/mol. The molecule has 0 radical (unpaired) electrons. The Morgan fingerprint density at radius 3 is 2.67 bits per heavy atom. The van der Waals surface area contributed by atoms with Crippen molar-refractivity contribution in [2.75, 3.05) is 5.32 Å². The highest BCUT2D eigenvalue weighted by molar-refractivity contribution is 7.80. The number of thiazole rings is 1. The van der Waals surface area contributed by atoms with E-state index >= 15 is 0 Å². The highest BCUT2D eigenvalue weighted by Crippen LogP contribution is 2.13. The number of anilines is 1. The van der Waals surface area contributed by atoms with E-state index in [0.29, 0.717) is 10.1 Å². The molecule has 0 saturated heterocycles.